The maximum atomic E-state index is 12.6. The van der Waals surface area contributed by atoms with Gasteiger partial charge in [0.15, 0.2) is 12.4 Å². The van der Waals surface area contributed by atoms with Crippen molar-refractivity contribution >= 4 is 27.7 Å². The van der Waals surface area contributed by atoms with Crippen molar-refractivity contribution in [2.75, 3.05) is 25.0 Å². The highest BCUT2D eigenvalue weighted by molar-refractivity contribution is 7.89. The average Bonchev–Trinajstić information content (AvgIpc) is 3.32. The van der Waals surface area contributed by atoms with Crippen molar-refractivity contribution in [2.45, 2.75) is 24.7 Å². The topological polar surface area (TPSA) is 119 Å². The van der Waals surface area contributed by atoms with E-state index in [1.54, 1.807) is 6.92 Å². The number of carbonyl (C=O) groups excluding carboxylic acids is 2. The minimum Gasteiger partial charge on any atom is -0.452 e. The molecule has 1 aromatic heterocycles. The van der Waals surface area contributed by atoms with Crippen molar-refractivity contribution in [3.05, 3.63) is 41.7 Å². The number of hydrogen-bond donors (Lipinski definition) is 1. The molecule has 2 aromatic rings. The number of aromatic nitrogens is 1. The van der Waals surface area contributed by atoms with E-state index >= 15 is 0 Å². The van der Waals surface area contributed by atoms with Crippen LogP contribution in [0.25, 0.3) is 0 Å². The predicted molar refractivity (Wildman–Crippen MR) is 94.6 cm³/mol. The van der Waals surface area contributed by atoms with Crippen LogP contribution in [0.3, 0.4) is 0 Å². The lowest BCUT2D eigenvalue weighted by Crippen LogP contribution is -2.28. The van der Waals surface area contributed by atoms with Crippen molar-refractivity contribution < 1.29 is 27.3 Å². The van der Waals surface area contributed by atoms with Crippen LogP contribution in [0.2, 0.25) is 0 Å². The summed E-state index contributed by atoms with van der Waals surface area (Å²) in [5, 5.41) is 6.02. The van der Waals surface area contributed by atoms with Crippen molar-refractivity contribution in [3.63, 3.8) is 0 Å². The Morgan fingerprint density at radius 1 is 1.26 bits per heavy atom. The van der Waals surface area contributed by atoms with Gasteiger partial charge in [0.2, 0.25) is 10.0 Å². The van der Waals surface area contributed by atoms with Gasteiger partial charge in [-0.2, -0.15) is 4.31 Å². The number of benzene rings is 1. The summed E-state index contributed by atoms with van der Waals surface area (Å²) in [6.07, 6.45) is 1.64. The number of nitrogens with one attached hydrogen (secondary N) is 1. The third kappa shape index (κ3) is 4.52. The van der Waals surface area contributed by atoms with Gasteiger partial charge in [-0.25, -0.2) is 13.2 Å². The van der Waals surface area contributed by atoms with Gasteiger partial charge in [-0.1, -0.05) is 11.2 Å². The summed E-state index contributed by atoms with van der Waals surface area (Å²) in [5.74, 6) is -0.636. The van der Waals surface area contributed by atoms with Gasteiger partial charge in [0, 0.05) is 19.2 Å². The van der Waals surface area contributed by atoms with Crippen LogP contribution >= 0.6 is 0 Å². The molecule has 9 nitrogen and oxygen atoms in total. The van der Waals surface area contributed by atoms with E-state index in [1.807, 2.05) is 0 Å². The summed E-state index contributed by atoms with van der Waals surface area (Å²) in [4.78, 5) is 24.0. The number of nitrogens with zero attached hydrogens (tertiary/aromatic N) is 2. The Hall–Kier alpha value is -2.72. The summed E-state index contributed by atoms with van der Waals surface area (Å²) in [6, 6.07) is 7.12. The molecule has 0 radical (unpaired) electrons. The normalized spacial score (nSPS) is 14.9. The van der Waals surface area contributed by atoms with E-state index in [2.05, 4.69) is 10.5 Å². The van der Waals surface area contributed by atoms with E-state index in [-0.39, 0.29) is 16.3 Å². The maximum Gasteiger partial charge on any atom is 0.338 e. The fourth-order valence-corrected chi connectivity index (χ4v) is 4.24. The molecule has 1 aliphatic rings. The number of anilines is 1. The van der Waals surface area contributed by atoms with Crippen LogP contribution < -0.4 is 5.32 Å². The van der Waals surface area contributed by atoms with Crippen LogP contribution in [0.15, 0.2) is 39.8 Å². The summed E-state index contributed by atoms with van der Waals surface area (Å²) in [5.41, 5.74) is 0.0559. The van der Waals surface area contributed by atoms with E-state index in [0.717, 1.165) is 12.8 Å². The largest absolute Gasteiger partial charge is 0.452 e. The number of rotatable bonds is 6. The standard InChI is InChI=1S/C17H19N3O6S/c1-12-9-15(19-26-12)18-16(21)11-25-17(22)13-5-4-6-14(10-13)27(23,24)20-7-2-3-8-20/h4-6,9-10H,2-3,7-8,11H2,1H3,(H,18,19,21). The van der Waals surface area contributed by atoms with E-state index in [4.69, 9.17) is 9.26 Å². The van der Waals surface area contributed by atoms with Crippen LogP contribution in [-0.4, -0.2) is 49.5 Å². The molecule has 0 aliphatic carbocycles. The average molecular weight is 393 g/mol. The number of aryl methyl sites for hydroxylation is 1. The Bertz CT molecular complexity index is 947. The molecule has 1 amide bonds. The monoisotopic (exact) mass is 393 g/mol. The smallest absolute Gasteiger partial charge is 0.338 e. The lowest BCUT2D eigenvalue weighted by atomic mass is 10.2. The van der Waals surface area contributed by atoms with E-state index in [0.29, 0.717) is 18.8 Å². The first-order chi connectivity index (χ1) is 12.9. The first kappa shape index (κ1) is 19.1. The maximum absolute atomic E-state index is 12.6. The lowest BCUT2D eigenvalue weighted by Gasteiger charge is -2.15. The van der Waals surface area contributed by atoms with Crippen LogP contribution in [0.4, 0.5) is 5.82 Å². The van der Waals surface area contributed by atoms with Crippen molar-refractivity contribution in [3.8, 4) is 0 Å². The van der Waals surface area contributed by atoms with Crippen molar-refractivity contribution in [1.82, 2.24) is 9.46 Å². The molecule has 1 aromatic carbocycles. The number of sulfonamides is 1. The predicted octanol–water partition coefficient (Wildman–Crippen LogP) is 1.56. The summed E-state index contributed by atoms with van der Waals surface area (Å²) < 4.78 is 36.3. The Morgan fingerprint density at radius 3 is 2.67 bits per heavy atom. The SMILES string of the molecule is Cc1cc(NC(=O)COC(=O)c2cccc(S(=O)(=O)N3CCCC3)c2)no1. The zero-order valence-corrected chi connectivity index (χ0v) is 15.5. The van der Waals surface area contributed by atoms with Crippen molar-refractivity contribution in [2.24, 2.45) is 0 Å². The number of esters is 1. The van der Waals surface area contributed by atoms with Crippen LogP contribution in [0.5, 0.6) is 0 Å². The van der Waals surface area contributed by atoms with Crippen LogP contribution in [0.1, 0.15) is 29.0 Å². The molecule has 3 rings (SSSR count). The Balaban J connectivity index is 1.62. The molecular formula is C17H19N3O6S. The van der Waals surface area contributed by atoms with Gasteiger partial charge < -0.3 is 14.6 Å². The Labute approximate surface area is 156 Å². The first-order valence-corrected chi connectivity index (χ1v) is 9.81. The molecule has 2 heterocycles. The van der Waals surface area contributed by atoms with E-state index in [1.165, 1.54) is 34.6 Å². The molecule has 27 heavy (non-hydrogen) atoms. The third-order valence-corrected chi connectivity index (χ3v) is 5.90. The molecule has 144 valence electrons. The van der Waals surface area contributed by atoms with Crippen molar-refractivity contribution in [1.29, 1.82) is 0 Å². The molecule has 1 saturated heterocycles. The minimum atomic E-state index is -3.64. The highest BCUT2D eigenvalue weighted by Crippen LogP contribution is 2.21. The minimum absolute atomic E-state index is 0.0290. The van der Waals surface area contributed by atoms with Gasteiger partial charge >= 0.3 is 5.97 Å². The number of ether oxygens (including phenoxy) is 1. The molecule has 1 N–H and O–H groups in total. The van der Waals surface area contributed by atoms with Crippen LogP contribution in [0, 0.1) is 6.92 Å². The molecule has 0 atom stereocenters. The molecule has 0 spiro atoms. The molecule has 0 unspecified atom stereocenters. The Kier molecular flexibility index (Phi) is 5.57. The second-order valence-electron chi connectivity index (χ2n) is 6.09. The summed E-state index contributed by atoms with van der Waals surface area (Å²) in [6.45, 7) is 2.08. The van der Waals surface area contributed by atoms with Gasteiger partial charge in [-0.05, 0) is 38.0 Å². The summed E-state index contributed by atoms with van der Waals surface area (Å²) in [7, 11) is -3.64. The molecule has 0 saturated carbocycles. The molecule has 1 aliphatic heterocycles. The molecule has 1 fully saturated rings. The molecule has 10 heteroatoms. The Morgan fingerprint density at radius 2 is 2.00 bits per heavy atom. The quantitative estimate of drug-likeness (QED) is 0.740. The highest BCUT2D eigenvalue weighted by atomic mass is 32.2. The fraction of sp³-hybridized carbons (Fsp3) is 0.353. The van der Waals surface area contributed by atoms with Gasteiger partial charge in [-0.15, -0.1) is 0 Å². The highest BCUT2D eigenvalue weighted by Gasteiger charge is 2.27. The van der Waals surface area contributed by atoms with Gasteiger partial charge in [0.05, 0.1) is 10.5 Å². The second kappa shape index (κ2) is 7.89. The number of hydrogen-bond acceptors (Lipinski definition) is 7. The zero-order chi connectivity index (χ0) is 19.4. The number of carbonyl (C=O) groups is 2. The molecular weight excluding hydrogens is 374 g/mol. The van der Waals surface area contributed by atoms with E-state index in [9.17, 15) is 18.0 Å². The van der Waals surface area contributed by atoms with Gasteiger partial charge in [0.1, 0.15) is 5.76 Å². The second-order valence-corrected chi connectivity index (χ2v) is 8.02. The zero-order valence-electron chi connectivity index (χ0n) is 14.7. The van der Waals surface area contributed by atoms with Gasteiger partial charge in [0.25, 0.3) is 5.91 Å². The van der Waals surface area contributed by atoms with Gasteiger partial charge in [-0.3, -0.25) is 4.79 Å². The third-order valence-electron chi connectivity index (χ3n) is 4.00. The number of amides is 1. The lowest BCUT2D eigenvalue weighted by molar-refractivity contribution is -0.119. The fourth-order valence-electron chi connectivity index (χ4n) is 2.68. The van der Waals surface area contributed by atoms with E-state index < -0.39 is 28.5 Å². The summed E-state index contributed by atoms with van der Waals surface area (Å²) >= 11 is 0. The molecule has 0 bridgehead atoms. The first-order valence-electron chi connectivity index (χ1n) is 8.37. The van der Waals surface area contributed by atoms with Crippen LogP contribution in [-0.2, 0) is 19.6 Å².